The monoisotopic (exact) mass is 390 g/mol. The van der Waals surface area contributed by atoms with E-state index in [1.54, 1.807) is 6.08 Å². The lowest BCUT2D eigenvalue weighted by Crippen LogP contribution is -2.36. The first-order valence-electron chi connectivity index (χ1n) is 10.0. The van der Waals surface area contributed by atoms with Gasteiger partial charge in [-0.3, -0.25) is 4.79 Å². The fourth-order valence-corrected chi connectivity index (χ4v) is 4.39. The minimum Gasteiger partial charge on any atom is -0.507 e. The molecule has 29 heavy (non-hydrogen) atoms. The summed E-state index contributed by atoms with van der Waals surface area (Å²) in [4.78, 5) is 13.0. The zero-order chi connectivity index (χ0) is 20.8. The molecule has 0 saturated heterocycles. The Bertz CT molecular complexity index is 1000. The Morgan fingerprint density at radius 3 is 2.62 bits per heavy atom. The molecule has 0 radical (unpaired) electrons. The van der Waals surface area contributed by atoms with Crippen LogP contribution in [0.4, 0.5) is 0 Å². The van der Waals surface area contributed by atoms with Gasteiger partial charge in [-0.15, -0.1) is 0 Å². The first-order chi connectivity index (χ1) is 13.8. The number of ketones is 1. The second kappa shape index (κ2) is 7.11. The van der Waals surface area contributed by atoms with Crippen LogP contribution >= 0.6 is 0 Å². The topological polar surface area (TPSA) is 66.8 Å². The number of rotatable bonds is 4. The van der Waals surface area contributed by atoms with Gasteiger partial charge in [0.15, 0.2) is 5.78 Å². The summed E-state index contributed by atoms with van der Waals surface area (Å²) in [5, 5.41) is 21.1. The maximum Gasteiger partial charge on any atom is 0.193 e. The Balaban J connectivity index is 1.75. The molecule has 0 aromatic heterocycles. The van der Waals surface area contributed by atoms with Crippen LogP contribution in [0.3, 0.4) is 0 Å². The Morgan fingerprint density at radius 1 is 1.21 bits per heavy atom. The van der Waals surface area contributed by atoms with Gasteiger partial charge in [0.05, 0.1) is 0 Å². The van der Waals surface area contributed by atoms with E-state index in [9.17, 15) is 15.0 Å². The molecule has 0 saturated carbocycles. The predicted octanol–water partition coefficient (Wildman–Crippen LogP) is 5.46. The van der Waals surface area contributed by atoms with Crippen molar-refractivity contribution in [2.24, 2.45) is 11.8 Å². The number of benzene rings is 2. The third-order valence-electron chi connectivity index (χ3n) is 6.15. The highest BCUT2D eigenvalue weighted by molar-refractivity contribution is 6.11. The van der Waals surface area contributed by atoms with E-state index in [2.05, 4.69) is 19.9 Å². The molecule has 1 aliphatic heterocycles. The highest BCUT2D eigenvalue weighted by atomic mass is 16.5. The van der Waals surface area contributed by atoms with Gasteiger partial charge in [0.1, 0.15) is 28.4 Å². The summed E-state index contributed by atoms with van der Waals surface area (Å²) in [5.41, 5.74) is 0.976. The quantitative estimate of drug-likeness (QED) is 0.413. The zero-order valence-corrected chi connectivity index (χ0v) is 16.9. The van der Waals surface area contributed by atoms with Crippen molar-refractivity contribution in [2.75, 3.05) is 0 Å². The van der Waals surface area contributed by atoms with Gasteiger partial charge < -0.3 is 14.9 Å². The lowest BCUT2D eigenvalue weighted by molar-refractivity contribution is 0.101. The number of phenolic OH excluding ortho intramolecular Hbond substituents is 2. The molecule has 4 nitrogen and oxygen atoms in total. The van der Waals surface area contributed by atoms with Gasteiger partial charge in [-0.2, -0.15) is 0 Å². The van der Waals surface area contributed by atoms with Crippen LogP contribution in [0.5, 0.6) is 17.2 Å². The summed E-state index contributed by atoms with van der Waals surface area (Å²) in [7, 11) is 0. The predicted molar refractivity (Wildman–Crippen MR) is 113 cm³/mol. The van der Waals surface area contributed by atoms with Crippen LogP contribution < -0.4 is 4.74 Å². The maximum atomic E-state index is 13.0. The molecule has 4 rings (SSSR count). The van der Waals surface area contributed by atoms with Crippen LogP contribution in [0.2, 0.25) is 0 Å². The van der Waals surface area contributed by atoms with E-state index in [-0.39, 0.29) is 28.8 Å². The molecular formula is C25H26O4. The third kappa shape index (κ3) is 3.33. The summed E-state index contributed by atoms with van der Waals surface area (Å²) in [5.74, 6) is 0.423. The van der Waals surface area contributed by atoms with Crippen LogP contribution in [0.15, 0.2) is 54.6 Å². The first kappa shape index (κ1) is 19.3. The number of allylic oxidation sites excluding steroid dienone is 2. The van der Waals surface area contributed by atoms with E-state index in [0.29, 0.717) is 23.1 Å². The van der Waals surface area contributed by atoms with E-state index in [1.807, 2.05) is 43.3 Å². The van der Waals surface area contributed by atoms with Gasteiger partial charge in [-0.25, -0.2) is 0 Å². The van der Waals surface area contributed by atoms with Gasteiger partial charge in [-0.1, -0.05) is 56.3 Å². The zero-order valence-electron chi connectivity index (χ0n) is 16.9. The molecule has 1 aliphatic carbocycles. The van der Waals surface area contributed by atoms with Gasteiger partial charge in [-0.05, 0) is 42.9 Å². The van der Waals surface area contributed by atoms with E-state index in [1.165, 1.54) is 12.1 Å². The number of ether oxygens (including phenoxy) is 1. The summed E-state index contributed by atoms with van der Waals surface area (Å²) in [6.07, 6.45) is 8.17. The fourth-order valence-electron chi connectivity index (χ4n) is 4.39. The number of hydrogen-bond acceptors (Lipinski definition) is 4. The second-order valence-electron chi connectivity index (χ2n) is 8.48. The number of fused-ring (bicyclic) bond motifs is 3. The van der Waals surface area contributed by atoms with E-state index < -0.39 is 5.60 Å². The van der Waals surface area contributed by atoms with E-state index in [0.717, 1.165) is 12.0 Å². The summed E-state index contributed by atoms with van der Waals surface area (Å²) >= 11 is 0. The molecule has 4 heteroatoms. The van der Waals surface area contributed by atoms with Crippen molar-refractivity contribution in [1.29, 1.82) is 0 Å². The Kier molecular flexibility index (Phi) is 4.73. The number of carbonyl (C=O) groups is 1. The van der Waals surface area contributed by atoms with Crippen molar-refractivity contribution in [3.05, 3.63) is 71.3 Å². The third-order valence-corrected chi connectivity index (χ3v) is 6.15. The molecule has 0 spiro atoms. The van der Waals surface area contributed by atoms with Crippen molar-refractivity contribution in [3.63, 3.8) is 0 Å². The van der Waals surface area contributed by atoms with Crippen LogP contribution in [0, 0.1) is 11.8 Å². The van der Waals surface area contributed by atoms with Crippen LogP contribution in [0.25, 0.3) is 6.08 Å². The smallest absolute Gasteiger partial charge is 0.193 e. The SMILES string of the molecule is CC(C)[C@H]1C=C[C@]2(C)Oc3c(C(=O)/C=C/c4ccccc4)c(O)cc(O)c3C2C1. The molecule has 1 heterocycles. The molecule has 2 aromatic carbocycles. The average molecular weight is 390 g/mol. The Morgan fingerprint density at radius 2 is 1.93 bits per heavy atom. The number of hydrogen-bond donors (Lipinski definition) is 2. The molecule has 0 amide bonds. The molecule has 0 bridgehead atoms. The summed E-state index contributed by atoms with van der Waals surface area (Å²) in [6, 6.07) is 10.8. The van der Waals surface area contributed by atoms with E-state index >= 15 is 0 Å². The van der Waals surface area contributed by atoms with Crippen molar-refractivity contribution in [3.8, 4) is 17.2 Å². The van der Waals surface area contributed by atoms with Gasteiger partial charge in [0.25, 0.3) is 0 Å². The lowest BCUT2D eigenvalue weighted by atomic mass is 9.71. The molecule has 150 valence electrons. The molecular weight excluding hydrogens is 364 g/mol. The highest BCUT2D eigenvalue weighted by Gasteiger charge is 2.49. The standard InChI is InChI=1S/C25H26O4/c1-15(2)17-11-12-25(3)18(13-17)22-20(27)14-21(28)23(24(22)29-25)19(26)10-9-16-7-5-4-6-8-16/h4-12,14-15,17-18,27-28H,13H2,1-3H3/b10-9+/t17-,18?,25-/m0/s1. The average Bonchev–Trinajstić information content (AvgIpc) is 2.99. The lowest BCUT2D eigenvalue weighted by Gasteiger charge is -2.35. The molecule has 0 fully saturated rings. The molecule has 1 unspecified atom stereocenters. The molecule has 3 atom stereocenters. The Hall–Kier alpha value is -3.01. The number of carbonyl (C=O) groups excluding carboxylic acids is 1. The van der Waals surface area contributed by atoms with E-state index in [4.69, 9.17) is 4.74 Å². The largest absolute Gasteiger partial charge is 0.507 e. The van der Waals surface area contributed by atoms with Gasteiger partial charge in [0.2, 0.25) is 0 Å². The number of aromatic hydroxyl groups is 2. The minimum atomic E-state index is -0.642. The molecule has 2 aliphatic rings. The fraction of sp³-hybridized carbons (Fsp3) is 0.320. The maximum absolute atomic E-state index is 13.0. The van der Waals surface area contributed by atoms with Gasteiger partial charge >= 0.3 is 0 Å². The normalized spacial score (nSPS) is 25.1. The van der Waals surface area contributed by atoms with Crippen LogP contribution in [-0.2, 0) is 0 Å². The van der Waals surface area contributed by atoms with Crippen molar-refractivity contribution < 1.29 is 19.7 Å². The van der Waals surface area contributed by atoms with Crippen molar-refractivity contribution >= 4 is 11.9 Å². The molecule has 2 N–H and O–H groups in total. The summed E-state index contributed by atoms with van der Waals surface area (Å²) in [6.45, 7) is 6.32. The second-order valence-corrected chi connectivity index (χ2v) is 8.48. The molecule has 2 aromatic rings. The summed E-state index contributed by atoms with van der Waals surface area (Å²) < 4.78 is 6.23. The minimum absolute atomic E-state index is 0.0207. The first-order valence-corrected chi connectivity index (χ1v) is 10.0. The van der Waals surface area contributed by atoms with Crippen molar-refractivity contribution in [2.45, 2.75) is 38.7 Å². The number of phenols is 2. The van der Waals surface area contributed by atoms with Crippen LogP contribution in [0.1, 0.15) is 54.6 Å². The van der Waals surface area contributed by atoms with Gasteiger partial charge in [0, 0.05) is 17.5 Å². The Labute approximate surface area is 171 Å². The van der Waals surface area contributed by atoms with Crippen LogP contribution in [-0.4, -0.2) is 21.6 Å². The highest BCUT2D eigenvalue weighted by Crippen LogP contribution is 2.57. The van der Waals surface area contributed by atoms with Crippen molar-refractivity contribution in [1.82, 2.24) is 0 Å².